The molecule has 2 rings (SSSR count). The van der Waals surface area contributed by atoms with Gasteiger partial charge in [0.05, 0.1) is 7.11 Å². The zero-order valence-electron chi connectivity index (χ0n) is 13.0. The van der Waals surface area contributed by atoms with E-state index in [-0.39, 0.29) is 6.04 Å². The summed E-state index contributed by atoms with van der Waals surface area (Å²) >= 11 is 3.63. The number of nitrogens with one attached hydrogen (secondary N) is 1. The number of aryl methyl sites for hydroxylation is 1. The minimum absolute atomic E-state index is 0.220. The van der Waals surface area contributed by atoms with Crippen LogP contribution in [-0.2, 0) is 6.42 Å². The fourth-order valence-electron chi connectivity index (χ4n) is 2.61. The van der Waals surface area contributed by atoms with E-state index in [1.54, 1.807) is 7.11 Å². The topological polar surface area (TPSA) is 21.3 Å². The molecule has 2 aromatic carbocycles. The summed E-state index contributed by atoms with van der Waals surface area (Å²) in [6.45, 7) is 4.23. The number of halogens is 1. The van der Waals surface area contributed by atoms with Crippen molar-refractivity contribution in [2.75, 3.05) is 14.2 Å². The van der Waals surface area contributed by atoms with Crippen LogP contribution in [0.4, 0.5) is 0 Å². The molecule has 0 saturated heterocycles. The van der Waals surface area contributed by atoms with E-state index in [0.29, 0.717) is 0 Å². The molecule has 0 heterocycles. The molecular formula is C18H22BrNO. The predicted octanol–water partition coefficient (Wildman–Crippen LogP) is 4.58. The molecule has 0 aliphatic rings. The second-order valence-electron chi connectivity index (χ2n) is 5.27. The average molecular weight is 348 g/mol. The molecule has 2 nitrogen and oxygen atoms in total. The van der Waals surface area contributed by atoms with Crippen LogP contribution in [0.2, 0.25) is 0 Å². The molecule has 3 heteroatoms. The molecule has 0 spiro atoms. The first kappa shape index (κ1) is 16.1. The van der Waals surface area contributed by atoms with Crippen LogP contribution in [0.5, 0.6) is 5.75 Å². The number of methoxy groups -OCH3 is 1. The van der Waals surface area contributed by atoms with E-state index < -0.39 is 0 Å². The normalized spacial score (nSPS) is 12.2. The minimum Gasteiger partial charge on any atom is -0.496 e. The molecule has 21 heavy (non-hydrogen) atoms. The number of likely N-dealkylation sites (N-methyl/N-ethyl adjacent to an activating group) is 1. The molecule has 0 aliphatic carbocycles. The SMILES string of the molecule is CNC(Cc1ccccc1Br)c1ccc(C)c(C)c1OC. The summed E-state index contributed by atoms with van der Waals surface area (Å²) in [7, 11) is 3.74. The molecule has 0 aromatic heterocycles. The van der Waals surface area contributed by atoms with Gasteiger partial charge in [0.25, 0.3) is 0 Å². The lowest BCUT2D eigenvalue weighted by molar-refractivity contribution is 0.397. The van der Waals surface area contributed by atoms with Crippen molar-refractivity contribution in [3.63, 3.8) is 0 Å². The van der Waals surface area contributed by atoms with Crippen molar-refractivity contribution in [3.8, 4) is 5.75 Å². The van der Waals surface area contributed by atoms with Crippen molar-refractivity contribution in [1.82, 2.24) is 5.32 Å². The maximum absolute atomic E-state index is 5.66. The molecular weight excluding hydrogens is 326 g/mol. The zero-order valence-corrected chi connectivity index (χ0v) is 14.6. The molecule has 0 amide bonds. The first-order valence-corrected chi connectivity index (χ1v) is 7.92. The van der Waals surface area contributed by atoms with Crippen LogP contribution in [0.3, 0.4) is 0 Å². The lowest BCUT2D eigenvalue weighted by Crippen LogP contribution is -2.20. The van der Waals surface area contributed by atoms with Crippen LogP contribution < -0.4 is 10.1 Å². The van der Waals surface area contributed by atoms with Crippen molar-refractivity contribution in [2.24, 2.45) is 0 Å². The smallest absolute Gasteiger partial charge is 0.126 e. The van der Waals surface area contributed by atoms with Gasteiger partial charge in [-0.2, -0.15) is 0 Å². The standard InChI is InChI=1S/C18H22BrNO/c1-12-9-10-15(18(21-4)13(12)2)17(20-3)11-14-7-5-6-8-16(14)19/h5-10,17,20H,11H2,1-4H3. The highest BCUT2D eigenvalue weighted by molar-refractivity contribution is 9.10. The third-order valence-electron chi connectivity index (χ3n) is 4.02. The van der Waals surface area contributed by atoms with Gasteiger partial charge in [0.15, 0.2) is 0 Å². The monoisotopic (exact) mass is 347 g/mol. The fourth-order valence-corrected chi connectivity index (χ4v) is 3.05. The summed E-state index contributed by atoms with van der Waals surface area (Å²) < 4.78 is 6.80. The highest BCUT2D eigenvalue weighted by Crippen LogP contribution is 2.33. The maximum Gasteiger partial charge on any atom is 0.126 e. The Kier molecular flexibility index (Phi) is 5.43. The van der Waals surface area contributed by atoms with Crippen molar-refractivity contribution >= 4 is 15.9 Å². The third kappa shape index (κ3) is 3.47. The molecule has 0 aliphatic heterocycles. The summed E-state index contributed by atoms with van der Waals surface area (Å²) in [6.07, 6.45) is 0.913. The van der Waals surface area contributed by atoms with E-state index in [0.717, 1.165) is 16.6 Å². The van der Waals surface area contributed by atoms with Crippen molar-refractivity contribution in [3.05, 3.63) is 63.1 Å². The molecule has 0 saturated carbocycles. The Balaban J connectivity index is 2.38. The van der Waals surface area contributed by atoms with Gasteiger partial charge in [-0.1, -0.05) is 46.3 Å². The third-order valence-corrected chi connectivity index (χ3v) is 4.79. The van der Waals surface area contributed by atoms with Crippen LogP contribution in [0.25, 0.3) is 0 Å². The maximum atomic E-state index is 5.66. The summed E-state index contributed by atoms with van der Waals surface area (Å²) in [5, 5.41) is 3.41. The number of rotatable bonds is 5. The number of benzene rings is 2. The minimum atomic E-state index is 0.220. The highest BCUT2D eigenvalue weighted by Gasteiger charge is 2.18. The molecule has 0 radical (unpaired) electrons. The van der Waals surface area contributed by atoms with Gasteiger partial charge >= 0.3 is 0 Å². The van der Waals surface area contributed by atoms with E-state index in [9.17, 15) is 0 Å². The Hall–Kier alpha value is -1.32. The Bertz CT molecular complexity index is 625. The molecule has 2 aromatic rings. The lowest BCUT2D eigenvalue weighted by Gasteiger charge is -2.22. The molecule has 0 bridgehead atoms. The number of hydrogen-bond donors (Lipinski definition) is 1. The summed E-state index contributed by atoms with van der Waals surface area (Å²) in [4.78, 5) is 0. The largest absolute Gasteiger partial charge is 0.496 e. The van der Waals surface area contributed by atoms with Gasteiger partial charge in [-0.3, -0.25) is 0 Å². The van der Waals surface area contributed by atoms with Crippen LogP contribution in [0.1, 0.15) is 28.3 Å². The fraction of sp³-hybridized carbons (Fsp3) is 0.333. The molecule has 1 unspecified atom stereocenters. The quantitative estimate of drug-likeness (QED) is 0.854. The van der Waals surface area contributed by atoms with Crippen LogP contribution in [0.15, 0.2) is 40.9 Å². The number of ether oxygens (including phenoxy) is 1. The van der Waals surface area contributed by atoms with E-state index in [2.05, 4.69) is 65.4 Å². The molecule has 112 valence electrons. The predicted molar refractivity (Wildman–Crippen MR) is 92.1 cm³/mol. The summed E-state index contributed by atoms with van der Waals surface area (Å²) in [5.41, 5.74) is 4.96. The van der Waals surface area contributed by atoms with Crippen molar-refractivity contribution in [1.29, 1.82) is 0 Å². The summed E-state index contributed by atoms with van der Waals surface area (Å²) in [6, 6.07) is 12.9. The molecule has 1 atom stereocenters. The Morgan fingerprint density at radius 3 is 2.48 bits per heavy atom. The molecule has 1 N–H and O–H groups in total. The lowest BCUT2D eigenvalue weighted by atomic mass is 9.94. The van der Waals surface area contributed by atoms with Crippen LogP contribution in [0, 0.1) is 13.8 Å². The van der Waals surface area contributed by atoms with Gasteiger partial charge in [-0.15, -0.1) is 0 Å². The molecule has 0 fully saturated rings. The van der Waals surface area contributed by atoms with Crippen LogP contribution >= 0.6 is 15.9 Å². The number of hydrogen-bond acceptors (Lipinski definition) is 2. The summed E-state index contributed by atoms with van der Waals surface area (Å²) in [5.74, 6) is 0.987. The van der Waals surface area contributed by atoms with Crippen molar-refractivity contribution < 1.29 is 4.74 Å². The zero-order chi connectivity index (χ0) is 15.4. The second kappa shape index (κ2) is 7.10. The van der Waals surface area contributed by atoms with Gasteiger partial charge < -0.3 is 10.1 Å². The first-order chi connectivity index (χ1) is 10.1. The highest BCUT2D eigenvalue weighted by atomic mass is 79.9. The van der Waals surface area contributed by atoms with Gasteiger partial charge in [0.2, 0.25) is 0 Å². The van der Waals surface area contributed by atoms with E-state index in [1.165, 1.54) is 22.3 Å². The first-order valence-electron chi connectivity index (χ1n) is 7.13. The Morgan fingerprint density at radius 2 is 1.86 bits per heavy atom. The van der Waals surface area contributed by atoms with E-state index in [1.807, 2.05) is 13.1 Å². The van der Waals surface area contributed by atoms with Gasteiger partial charge in [0.1, 0.15) is 5.75 Å². The van der Waals surface area contributed by atoms with Gasteiger partial charge in [-0.05, 0) is 50.1 Å². The van der Waals surface area contributed by atoms with E-state index >= 15 is 0 Å². The average Bonchev–Trinajstić information content (AvgIpc) is 2.49. The van der Waals surface area contributed by atoms with Gasteiger partial charge in [0, 0.05) is 16.1 Å². The Labute approximate surface area is 135 Å². The van der Waals surface area contributed by atoms with Crippen molar-refractivity contribution in [2.45, 2.75) is 26.3 Å². The Morgan fingerprint density at radius 1 is 1.14 bits per heavy atom. The second-order valence-corrected chi connectivity index (χ2v) is 6.12. The van der Waals surface area contributed by atoms with Gasteiger partial charge in [-0.25, -0.2) is 0 Å². The van der Waals surface area contributed by atoms with E-state index in [4.69, 9.17) is 4.74 Å². The van der Waals surface area contributed by atoms with Crippen LogP contribution in [-0.4, -0.2) is 14.2 Å².